The summed E-state index contributed by atoms with van der Waals surface area (Å²) in [6, 6.07) is 6.98. The Morgan fingerprint density at radius 1 is 0.826 bits per heavy atom. The van der Waals surface area contributed by atoms with Gasteiger partial charge in [-0.3, -0.25) is 19.7 Å². The number of nitrogens with one attached hydrogen (secondary N) is 2. The Kier molecular flexibility index (Phi) is 23.8. The number of nitrogens with two attached hydrogens (primary N) is 1. The molecule has 1 fully saturated rings. The zero-order valence-electron chi connectivity index (χ0n) is 40.0. The van der Waals surface area contributed by atoms with Gasteiger partial charge in [-0.25, -0.2) is 9.97 Å². The molecule has 0 aliphatic carbocycles. The maximum atomic E-state index is 14.1. The van der Waals surface area contributed by atoms with Crippen LogP contribution in [0.4, 0.5) is 17.5 Å². The van der Waals surface area contributed by atoms with Crippen LogP contribution in [0.1, 0.15) is 44.4 Å². The highest BCUT2D eigenvalue weighted by Gasteiger charge is 2.50. The van der Waals surface area contributed by atoms with E-state index in [0.29, 0.717) is 18.8 Å². The third-order valence-corrected chi connectivity index (χ3v) is 10.3. The average Bonchev–Trinajstić information content (AvgIpc) is 3.33. The lowest BCUT2D eigenvalue weighted by atomic mass is 9.97. The van der Waals surface area contributed by atoms with E-state index in [2.05, 4.69) is 65.1 Å². The van der Waals surface area contributed by atoms with Crippen LogP contribution in [-0.4, -0.2) is 134 Å². The van der Waals surface area contributed by atoms with E-state index in [4.69, 9.17) is 48.6 Å². The Bertz CT molecular complexity index is 2170. The number of benzene rings is 1. The summed E-state index contributed by atoms with van der Waals surface area (Å²) in [4.78, 5) is 58.9. The number of amides is 1. The van der Waals surface area contributed by atoms with Gasteiger partial charge >= 0.3 is 11.9 Å². The number of esters is 2. The van der Waals surface area contributed by atoms with Crippen molar-refractivity contribution in [2.75, 3.05) is 69.2 Å². The number of aromatic nitrogens is 4. The molecule has 1 aliphatic rings. The molecule has 1 aliphatic heterocycles. The summed E-state index contributed by atoms with van der Waals surface area (Å²) in [5.74, 6) is -1.55. The lowest BCUT2D eigenvalue weighted by molar-refractivity contribution is -0.326. The van der Waals surface area contributed by atoms with Crippen LogP contribution >= 0.6 is 0 Å². The molecule has 69 heavy (non-hydrogen) atoms. The second kappa shape index (κ2) is 29.6. The average molecular weight is 957 g/mol. The molecule has 7 atom stereocenters. The minimum Gasteiger partial charge on any atom is -0.461 e. The van der Waals surface area contributed by atoms with Crippen molar-refractivity contribution in [2.24, 2.45) is 5.92 Å². The van der Waals surface area contributed by atoms with Gasteiger partial charge in [-0.05, 0) is 36.5 Å². The second-order valence-corrected chi connectivity index (χ2v) is 16.2. The number of hydrogen-bond acceptors (Lipinski definition) is 18. The zero-order valence-corrected chi connectivity index (χ0v) is 40.0. The van der Waals surface area contributed by atoms with E-state index in [1.165, 1.54) is 12.2 Å². The van der Waals surface area contributed by atoms with Gasteiger partial charge in [0, 0.05) is 25.7 Å². The molecule has 0 spiro atoms. The molecule has 1 aromatic carbocycles. The van der Waals surface area contributed by atoms with E-state index < -0.39 is 60.7 Å². The van der Waals surface area contributed by atoms with Crippen molar-refractivity contribution < 1.29 is 52.3 Å². The van der Waals surface area contributed by atoms with Crippen LogP contribution < -0.4 is 21.3 Å². The van der Waals surface area contributed by atoms with Gasteiger partial charge < -0.3 is 53.8 Å². The minimum atomic E-state index is -1.12. The molecule has 3 aromatic rings. The van der Waals surface area contributed by atoms with Crippen molar-refractivity contribution in [1.29, 1.82) is 0 Å². The fourth-order valence-electron chi connectivity index (χ4n) is 7.07. The molecule has 4 rings (SSSR count). The van der Waals surface area contributed by atoms with Gasteiger partial charge in [0.2, 0.25) is 5.95 Å². The summed E-state index contributed by atoms with van der Waals surface area (Å²) in [5, 5.41) is 5.95. The van der Waals surface area contributed by atoms with Crippen LogP contribution in [0.2, 0.25) is 0 Å². The van der Waals surface area contributed by atoms with E-state index in [0.717, 1.165) is 11.3 Å². The van der Waals surface area contributed by atoms with Crippen molar-refractivity contribution in [2.45, 2.75) is 89.1 Å². The van der Waals surface area contributed by atoms with Crippen LogP contribution in [0.5, 0.6) is 0 Å². The number of nitrogen functional groups attached to an aromatic ring is 1. The third-order valence-electron chi connectivity index (χ3n) is 10.3. The van der Waals surface area contributed by atoms with Crippen molar-refractivity contribution in [3.8, 4) is 0 Å². The summed E-state index contributed by atoms with van der Waals surface area (Å²) < 4.78 is 47.7. The molecule has 0 bridgehead atoms. The topological polar surface area (TPSA) is 230 Å². The Hall–Kier alpha value is -6.19. The Balaban J connectivity index is 1.47. The fraction of sp³-hybridized carbons (Fsp3) is 0.460. The molecule has 19 heteroatoms. The SMILES string of the molecule is C=CCOC[C@H]1O[C@@H](O[C@@H](CC(C)C)C(=O)Nc2nc(N)c3nc(CN(C)c4ccc(CN[C@@H](CCC(=O)OCC=C)C(=O)OCC=C)cc4)cnc3n2)[C@H](OCC=C)[C@@H](OCC=C)[C@@H]1OCC=C. The van der Waals surface area contributed by atoms with Gasteiger partial charge in [0.25, 0.3) is 5.91 Å². The summed E-state index contributed by atoms with van der Waals surface area (Å²) in [5.41, 5.74) is 9.22. The summed E-state index contributed by atoms with van der Waals surface area (Å²) in [7, 11) is 1.90. The Morgan fingerprint density at radius 2 is 1.46 bits per heavy atom. The standard InChI is InChI=1S/C50H68N8O11/c1-10-22-62-32-39-42(64-24-12-3)43(65-25-13-4)44(66-26-14-5)49(69-39)68-38(28-33(7)8)47(60)57-50-55-45(51)41-46(56-50)53-30-35(54-41)31-58(9)36-18-16-34(17-19-36)29-52-37(48(61)67-27-15-6)20-21-40(59)63-23-11-2/h10-19,30,33,37-39,42-44,49,52H,1-6,20-29,31-32H2,7-9H3,(H3,51,53,55,56,57,60)/t37-,38-,39+,42+,43-,44+,49+/m0/s1. The van der Waals surface area contributed by atoms with Gasteiger partial charge in [-0.1, -0.05) is 75.6 Å². The highest BCUT2D eigenvalue weighted by atomic mass is 16.7. The number of anilines is 3. The Morgan fingerprint density at radius 3 is 2.12 bits per heavy atom. The minimum absolute atomic E-state index is 0.00876. The first-order valence-electron chi connectivity index (χ1n) is 22.7. The first-order valence-corrected chi connectivity index (χ1v) is 22.7. The molecule has 19 nitrogen and oxygen atoms in total. The van der Waals surface area contributed by atoms with E-state index in [1.54, 1.807) is 30.5 Å². The van der Waals surface area contributed by atoms with Crippen LogP contribution in [-0.2, 0) is 65.4 Å². The van der Waals surface area contributed by atoms with Crippen LogP contribution in [0.15, 0.2) is 106 Å². The fourth-order valence-corrected chi connectivity index (χ4v) is 7.07. The zero-order chi connectivity index (χ0) is 50.1. The molecule has 1 saturated heterocycles. The maximum Gasteiger partial charge on any atom is 0.323 e. The number of ether oxygens (including phenoxy) is 8. The lowest BCUT2D eigenvalue weighted by Crippen LogP contribution is -2.62. The molecule has 1 amide bonds. The summed E-state index contributed by atoms with van der Waals surface area (Å²) >= 11 is 0. The van der Waals surface area contributed by atoms with Crippen molar-refractivity contribution in [3.05, 3.63) is 118 Å². The summed E-state index contributed by atoms with van der Waals surface area (Å²) in [6.45, 7) is 27.9. The highest BCUT2D eigenvalue weighted by molar-refractivity contribution is 5.94. The maximum absolute atomic E-state index is 14.1. The highest BCUT2D eigenvalue weighted by Crippen LogP contribution is 2.31. The van der Waals surface area contributed by atoms with Crippen LogP contribution in [0.25, 0.3) is 11.2 Å². The summed E-state index contributed by atoms with van der Waals surface area (Å²) in [6.07, 6.45) is 6.33. The van der Waals surface area contributed by atoms with Gasteiger partial charge in [0.05, 0.1) is 51.5 Å². The van der Waals surface area contributed by atoms with E-state index >= 15 is 0 Å². The number of carbonyl (C=O) groups excluding carboxylic acids is 3. The molecular weight excluding hydrogens is 889 g/mol. The molecular formula is C50H68N8O11. The number of rotatable bonds is 33. The van der Waals surface area contributed by atoms with Crippen LogP contribution in [0.3, 0.4) is 0 Å². The molecule has 3 heterocycles. The number of hydrogen-bond donors (Lipinski definition) is 3. The predicted octanol–water partition coefficient (Wildman–Crippen LogP) is 5.35. The van der Waals surface area contributed by atoms with Gasteiger partial charge in [-0.15, -0.1) is 26.3 Å². The molecule has 374 valence electrons. The normalized spacial score (nSPS) is 18.6. The smallest absolute Gasteiger partial charge is 0.323 e. The van der Waals surface area contributed by atoms with Crippen molar-refractivity contribution >= 4 is 46.5 Å². The number of fused-ring (bicyclic) bond motifs is 1. The predicted molar refractivity (Wildman–Crippen MR) is 263 cm³/mol. The largest absolute Gasteiger partial charge is 0.461 e. The van der Waals surface area contributed by atoms with Gasteiger partial charge in [-0.2, -0.15) is 9.97 Å². The Labute approximate surface area is 404 Å². The van der Waals surface area contributed by atoms with E-state index in [9.17, 15) is 14.4 Å². The van der Waals surface area contributed by atoms with E-state index in [-0.39, 0.29) is 94.4 Å². The first kappa shape index (κ1) is 55.4. The van der Waals surface area contributed by atoms with E-state index in [1.807, 2.05) is 50.1 Å². The van der Waals surface area contributed by atoms with Crippen molar-refractivity contribution in [3.63, 3.8) is 0 Å². The molecule has 2 aromatic heterocycles. The van der Waals surface area contributed by atoms with Gasteiger partial charge in [0.1, 0.15) is 49.8 Å². The molecule has 0 saturated carbocycles. The number of nitrogens with zero attached hydrogens (tertiary/aromatic N) is 5. The van der Waals surface area contributed by atoms with Crippen LogP contribution in [0, 0.1) is 5.92 Å². The molecule has 4 N–H and O–H groups in total. The lowest BCUT2D eigenvalue weighted by Gasteiger charge is -2.46. The van der Waals surface area contributed by atoms with Gasteiger partial charge in [0.15, 0.2) is 23.3 Å². The third kappa shape index (κ3) is 17.7. The monoisotopic (exact) mass is 957 g/mol. The first-order chi connectivity index (χ1) is 33.3. The molecule has 0 unspecified atom stereocenters. The number of carbonyl (C=O) groups is 3. The molecule has 0 radical (unpaired) electrons. The van der Waals surface area contributed by atoms with Crippen molar-refractivity contribution in [1.82, 2.24) is 25.3 Å². The quantitative estimate of drug-likeness (QED) is 0.0397. The second-order valence-electron chi connectivity index (χ2n) is 16.2.